The molecule has 0 N–H and O–H groups in total. The van der Waals surface area contributed by atoms with Crippen molar-refractivity contribution in [1.29, 1.82) is 5.26 Å². The highest BCUT2D eigenvalue weighted by molar-refractivity contribution is 5.96. The molecule has 1 rings (SSSR count). The van der Waals surface area contributed by atoms with Gasteiger partial charge in [-0.1, -0.05) is 6.92 Å². The van der Waals surface area contributed by atoms with Gasteiger partial charge in [-0.2, -0.15) is 14.0 Å². The van der Waals surface area contributed by atoms with Gasteiger partial charge in [-0.05, 0) is 18.2 Å². The van der Waals surface area contributed by atoms with E-state index in [2.05, 4.69) is 4.74 Å². The molecule has 0 atom stereocenters. The van der Waals surface area contributed by atoms with E-state index in [9.17, 15) is 13.6 Å². The topological polar surface area (TPSA) is 50.1 Å². The summed E-state index contributed by atoms with van der Waals surface area (Å²) in [5.41, 5.74) is 0.241. The van der Waals surface area contributed by atoms with E-state index in [1.807, 2.05) is 0 Å². The van der Waals surface area contributed by atoms with E-state index < -0.39 is 6.61 Å². The summed E-state index contributed by atoms with van der Waals surface area (Å²) in [6.45, 7) is -1.35. The first-order valence-corrected chi connectivity index (χ1v) is 4.60. The minimum atomic E-state index is -3.01. The summed E-state index contributed by atoms with van der Waals surface area (Å²) < 4.78 is 28.2. The third-order valence-electron chi connectivity index (χ3n) is 1.96. The molecular formula is C11H9F2NO2. The number of carbonyl (C=O) groups is 1. The van der Waals surface area contributed by atoms with Gasteiger partial charge in [0, 0.05) is 12.0 Å². The van der Waals surface area contributed by atoms with Gasteiger partial charge in [-0.15, -0.1) is 0 Å². The number of ketones is 1. The zero-order valence-corrected chi connectivity index (χ0v) is 8.54. The molecule has 16 heavy (non-hydrogen) atoms. The maximum atomic E-state index is 12.0. The molecule has 1 aromatic rings. The minimum Gasteiger partial charge on any atom is -0.433 e. The number of nitriles is 1. The standard InChI is InChI=1S/C11H9F2NO2/c1-2-9(15)7-3-4-8(6-14)10(5-7)16-11(12)13/h3-5,11H,2H2,1H3. The largest absolute Gasteiger partial charge is 0.433 e. The van der Waals surface area contributed by atoms with Crippen molar-refractivity contribution in [3.05, 3.63) is 29.3 Å². The molecule has 0 unspecified atom stereocenters. The molecule has 0 aliphatic heterocycles. The molecule has 0 saturated heterocycles. The lowest BCUT2D eigenvalue weighted by Gasteiger charge is -2.07. The third-order valence-corrected chi connectivity index (χ3v) is 1.96. The number of hydrogen-bond donors (Lipinski definition) is 0. The van der Waals surface area contributed by atoms with Crippen molar-refractivity contribution < 1.29 is 18.3 Å². The first kappa shape index (κ1) is 12.1. The molecule has 0 aliphatic carbocycles. The predicted molar refractivity (Wildman–Crippen MR) is 52.4 cm³/mol. The number of ether oxygens (including phenoxy) is 1. The molecule has 0 amide bonds. The molecule has 84 valence electrons. The van der Waals surface area contributed by atoms with Gasteiger partial charge in [-0.25, -0.2) is 0 Å². The fraction of sp³-hybridized carbons (Fsp3) is 0.273. The lowest BCUT2D eigenvalue weighted by molar-refractivity contribution is -0.0500. The van der Waals surface area contributed by atoms with Crippen LogP contribution in [0.1, 0.15) is 29.3 Å². The Balaban J connectivity index is 3.12. The van der Waals surface area contributed by atoms with Crippen LogP contribution in [0.4, 0.5) is 8.78 Å². The molecule has 0 aromatic heterocycles. The van der Waals surface area contributed by atoms with Gasteiger partial charge in [0.15, 0.2) is 5.78 Å². The van der Waals surface area contributed by atoms with Crippen LogP contribution in [-0.4, -0.2) is 12.4 Å². The maximum absolute atomic E-state index is 12.0. The van der Waals surface area contributed by atoms with E-state index in [0.717, 1.165) is 6.07 Å². The molecule has 1 aromatic carbocycles. The van der Waals surface area contributed by atoms with Crippen LogP contribution in [-0.2, 0) is 0 Å². The Bertz CT molecular complexity index is 438. The molecular weight excluding hydrogens is 216 g/mol. The van der Waals surface area contributed by atoms with E-state index in [1.165, 1.54) is 12.1 Å². The van der Waals surface area contributed by atoms with Crippen LogP contribution in [0, 0.1) is 11.3 Å². The third kappa shape index (κ3) is 2.76. The summed E-state index contributed by atoms with van der Waals surface area (Å²) in [4.78, 5) is 11.3. The van der Waals surface area contributed by atoms with E-state index in [1.54, 1.807) is 13.0 Å². The van der Waals surface area contributed by atoms with Crippen LogP contribution in [0.25, 0.3) is 0 Å². The highest BCUT2D eigenvalue weighted by Crippen LogP contribution is 2.22. The van der Waals surface area contributed by atoms with Crippen LogP contribution in [0.5, 0.6) is 5.75 Å². The number of halogens is 2. The maximum Gasteiger partial charge on any atom is 0.387 e. The first-order valence-electron chi connectivity index (χ1n) is 4.60. The molecule has 0 bridgehead atoms. The Morgan fingerprint density at radius 3 is 2.75 bits per heavy atom. The predicted octanol–water partition coefficient (Wildman–Crippen LogP) is 2.75. The van der Waals surface area contributed by atoms with Crippen molar-refractivity contribution >= 4 is 5.78 Å². The van der Waals surface area contributed by atoms with E-state index in [-0.39, 0.29) is 29.1 Å². The lowest BCUT2D eigenvalue weighted by atomic mass is 10.1. The average molecular weight is 225 g/mol. The number of hydrogen-bond acceptors (Lipinski definition) is 3. The summed E-state index contributed by atoms with van der Waals surface area (Å²) in [7, 11) is 0. The number of nitrogens with zero attached hydrogens (tertiary/aromatic N) is 1. The number of benzene rings is 1. The van der Waals surface area contributed by atoms with Crippen molar-refractivity contribution in [2.45, 2.75) is 20.0 Å². The summed E-state index contributed by atoms with van der Waals surface area (Å²) in [5.74, 6) is -0.458. The second kappa shape index (κ2) is 5.21. The van der Waals surface area contributed by atoms with Gasteiger partial charge in [0.25, 0.3) is 0 Å². The van der Waals surface area contributed by atoms with Gasteiger partial charge in [0.2, 0.25) is 0 Å². The van der Waals surface area contributed by atoms with Crippen molar-refractivity contribution in [3.8, 4) is 11.8 Å². The van der Waals surface area contributed by atoms with E-state index in [0.29, 0.717) is 0 Å². The SMILES string of the molecule is CCC(=O)c1ccc(C#N)c(OC(F)F)c1. The van der Waals surface area contributed by atoms with Crippen LogP contribution in [0.3, 0.4) is 0 Å². The summed E-state index contributed by atoms with van der Waals surface area (Å²) in [6.07, 6.45) is 0.264. The van der Waals surface area contributed by atoms with Crippen LogP contribution >= 0.6 is 0 Å². The van der Waals surface area contributed by atoms with Crippen LogP contribution in [0.2, 0.25) is 0 Å². The zero-order valence-electron chi connectivity index (χ0n) is 8.54. The normalized spacial score (nSPS) is 9.94. The van der Waals surface area contributed by atoms with Crippen molar-refractivity contribution in [2.24, 2.45) is 0 Å². The molecule has 0 aliphatic rings. The Kier molecular flexibility index (Phi) is 3.95. The minimum absolute atomic E-state index is 0.0204. The van der Waals surface area contributed by atoms with Gasteiger partial charge in [-0.3, -0.25) is 4.79 Å². The highest BCUT2D eigenvalue weighted by Gasteiger charge is 2.12. The molecule has 5 heteroatoms. The first-order chi connectivity index (χ1) is 7.58. The molecule has 0 heterocycles. The Labute approximate surface area is 91.3 Å². The quantitative estimate of drug-likeness (QED) is 0.740. The van der Waals surface area contributed by atoms with Crippen LogP contribution in [0.15, 0.2) is 18.2 Å². The lowest BCUT2D eigenvalue weighted by Crippen LogP contribution is -2.05. The van der Waals surface area contributed by atoms with Crippen molar-refractivity contribution in [1.82, 2.24) is 0 Å². The van der Waals surface area contributed by atoms with Crippen molar-refractivity contribution in [2.75, 3.05) is 0 Å². The number of alkyl halides is 2. The van der Waals surface area contributed by atoms with Gasteiger partial charge >= 0.3 is 6.61 Å². The van der Waals surface area contributed by atoms with E-state index in [4.69, 9.17) is 5.26 Å². The monoisotopic (exact) mass is 225 g/mol. The number of rotatable bonds is 4. The zero-order chi connectivity index (χ0) is 12.1. The second-order valence-corrected chi connectivity index (χ2v) is 2.98. The molecule has 0 spiro atoms. The molecule has 0 radical (unpaired) electrons. The molecule has 0 fully saturated rings. The second-order valence-electron chi connectivity index (χ2n) is 2.98. The fourth-order valence-corrected chi connectivity index (χ4v) is 1.19. The van der Waals surface area contributed by atoms with Gasteiger partial charge in [0.1, 0.15) is 11.8 Å². The van der Waals surface area contributed by atoms with E-state index >= 15 is 0 Å². The molecule has 0 saturated carbocycles. The smallest absolute Gasteiger partial charge is 0.387 e. The average Bonchev–Trinajstić information content (AvgIpc) is 2.27. The fourth-order valence-electron chi connectivity index (χ4n) is 1.19. The van der Waals surface area contributed by atoms with Crippen LogP contribution < -0.4 is 4.74 Å². The number of carbonyl (C=O) groups excluding carboxylic acids is 1. The summed E-state index contributed by atoms with van der Waals surface area (Å²) in [6, 6.07) is 5.59. The van der Waals surface area contributed by atoms with Gasteiger partial charge < -0.3 is 4.74 Å². The summed E-state index contributed by atoms with van der Waals surface area (Å²) in [5, 5.41) is 8.66. The van der Waals surface area contributed by atoms with Crippen molar-refractivity contribution in [3.63, 3.8) is 0 Å². The Morgan fingerprint density at radius 1 is 1.56 bits per heavy atom. The highest BCUT2D eigenvalue weighted by atomic mass is 19.3. The summed E-state index contributed by atoms with van der Waals surface area (Å²) >= 11 is 0. The number of Topliss-reactive ketones (excluding diaryl/α,β-unsaturated/α-hetero) is 1. The Morgan fingerprint density at radius 2 is 2.25 bits per heavy atom. The van der Waals surface area contributed by atoms with Gasteiger partial charge in [0.05, 0.1) is 5.56 Å². The molecule has 3 nitrogen and oxygen atoms in total. The Hall–Kier alpha value is -1.96.